The molecule has 0 amide bonds. The molecule has 2 heterocycles. The molecule has 0 aliphatic carbocycles. The van der Waals surface area contributed by atoms with Gasteiger partial charge in [-0.3, -0.25) is 14.3 Å². The average molecular weight is 265 g/mol. The van der Waals surface area contributed by atoms with Crippen LogP contribution in [0.3, 0.4) is 0 Å². The van der Waals surface area contributed by atoms with Gasteiger partial charge in [-0.2, -0.15) is 0 Å². The Labute approximate surface area is 108 Å². The summed E-state index contributed by atoms with van der Waals surface area (Å²) in [5.41, 5.74) is 4.73. The molecule has 8 heteroatoms. The fourth-order valence-electron chi connectivity index (χ4n) is 1.63. The van der Waals surface area contributed by atoms with E-state index >= 15 is 0 Å². The number of anilines is 2. The van der Waals surface area contributed by atoms with Gasteiger partial charge in [0.15, 0.2) is 0 Å². The Balaban J connectivity index is 2.37. The zero-order valence-corrected chi connectivity index (χ0v) is 10.9. The van der Waals surface area contributed by atoms with Crippen molar-refractivity contribution >= 4 is 11.5 Å². The van der Waals surface area contributed by atoms with E-state index in [1.165, 1.54) is 7.05 Å². The van der Waals surface area contributed by atoms with E-state index in [1.807, 2.05) is 0 Å². The molecule has 8 nitrogen and oxygen atoms in total. The molecule has 0 aromatic carbocycles. The summed E-state index contributed by atoms with van der Waals surface area (Å²) in [6.07, 6.45) is 1.59. The molecule has 1 atom stereocenters. The number of nitrogens with one attached hydrogen (secondary N) is 2. The molecule has 2 aromatic heterocycles. The number of aromatic nitrogens is 3. The predicted molar refractivity (Wildman–Crippen MR) is 70.0 cm³/mol. The molecule has 102 valence electrons. The number of rotatable bonds is 3. The van der Waals surface area contributed by atoms with Crippen molar-refractivity contribution in [1.29, 1.82) is 0 Å². The second-order valence-corrected chi connectivity index (χ2v) is 4.25. The van der Waals surface area contributed by atoms with Crippen LogP contribution in [-0.2, 0) is 7.05 Å². The number of hydrogen-bond donors (Lipinski definition) is 3. The van der Waals surface area contributed by atoms with Crippen LogP contribution in [0.15, 0.2) is 20.2 Å². The van der Waals surface area contributed by atoms with Crippen LogP contribution in [0.5, 0.6) is 0 Å². The second kappa shape index (κ2) is 4.63. The number of aromatic amines is 1. The number of H-pyrrole nitrogens is 1. The summed E-state index contributed by atoms with van der Waals surface area (Å²) in [7, 11) is 1.47. The maximum Gasteiger partial charge on any atom is 0.329 e. The van der Waals surface area contributed by atoms with Gasteiger partial charge in [0.1, 0.15) is 23.3 Å². The van der Waals surface area contributed by atoms with Crippen molar-refractivity contribution in [3.8, 4) is 0 Å². The fourth-order valence-corrected chi connectivity index (χ4v) is 1.63. The van der Waals surface area contributed by atoms with Crippen LogP contribution in [0, 0.1) is 6.92 Å². The number of nitrogen functional groups attached to an aromatic ring is 1. The lowest BCUT2D eigenvalue weighted by molar-refractivity contribution is 0.453. The third kappa shape index (κ3) is 2.37. The van der Waals surface area contributed by atoms with Gasteiger partial charge >= 0.3 is 5.69 Å². The van der Waals surface area contributed by atoms with Crippen LogP contribution in [0.25, 0.3) is 0 Å². The first kappa shape index (κ1) is 12.9. The van der Waals surface area contributed by atoms with Gasteiger partial charge in [0.05, 0.1) is 6.20 Å². The molecule has 1 unspecified atom stereocenters. The highest BCUT2D eigenvalue weighted by Crippen LogP contribution is 2.19. The van der Waals surface area contributed by atoms with E-state index in [2.05, 4.69) is 15.3 Å². The monoisotopic (exact) mass is 265 g/mol. The molecule has 0 saturated heterocycles. The summed E-state index contributed by atoms with van der Waals surface area (Å²) in [5, 5.41) is 2.89. The first-order valence-electron chi connectivity index (χ1n) is 5.67. The molecular formula is C11H15N5O3. The van der Waals surface area contributed by atoms with E-state index < -0.39 is 11.2 Å². The summed E-state index contributed by atoms with van der Waals surface area (Å²) in [4.78, 5) is 29.3. The van der Waals surface area contributed by atoms with Crippen LogP contribution in [0.1, 0.15) is 24.6 Å². The smallest absolute Gasteiger partial charge is 0.329 e. The molecule has 2 rings (SSSR count). The third-order valence-electron chi connectivity index (χ3n) is 2.74. The van der Waals surface area contributed by atoms with Crippen molar-refractivity contribution < 1.29 is 4.42 Å². The molecule has 0 aliphatic rings. The Morgan fingerprint density at radius 3 is 2.79 bits per heavy atom. The minimum atomic E-state index is -0.573. The first-order chi connectivity index (χ1) is 8.90. The lowest BCUT2D eigenvalue weighted by Crippen LogP contribution is -2.33. The molecule has 0 fully saturated rings. The van der Waals surface area contributed by atoms with Gasteiger partial charge in [-0.05, 0) is 13.8 Å². The zero-order chi connectivity index (χ0) is 14.2. The first-order valence-corrected chi connectivity index (χ1v) is 5.67. The van der Waals surface area contributed by atoms with Gasteiger partial charge in [0.2, 0.25) is 5.89 Å². The number of nitrogens with zero attached hydrogens (tertiary/aromatic N) is 2. The fraction of sp³-hybridized carbons (Fsp3) is 0.364. The molecule has 0 aliphatic heterocycles. The number of hydrogen-bond acceptors (Lipinski definition) is 6. The van der Waals surface area contributed by atoms with E-state index in [0.29, 0.717) is 11.7 Å². The summed E-state index contributed by atoms with van der Waals surface area (Å²) in [6.45, 7) is 3.55. The van der Waals surface area contributed by atoms with Crippen molar-refractivity contribution in [2.24, 2.45) is 7.05 Å². The average Bonchev–Trinajstić information content (AvgIpc) is 2.78. The summed E-state index contributed by atoms with van der Waals surface area (Å²) >= 11 is 0. The zero-order valence-electron chi connectivity index (χ0n) is 10.9. The number of aryl methyl sites for hydroxylation is 1. The van der Waals surface area contributed by atoms with E-state index in [1.54, 1.807) is 20.0 Å². The number of oxazole rings is 1. The van der Waals surface area contributed by atoms with Crippen LogP contribution in [0.2, 0.25) is 0 Å². The maximum atomic E-state index is 11.7. The normalized spacial score (nSPS) is 12.4. The van der Waals surface area contributed by atoms with Crippen LogP contribution in [0.4, 0.5) is 11.5 Å². The highest BCUT2D eigenvalue weighted by molar-refractivity contribution is 5.60. The highest BCUT2D eigenvalue weighted by atomic mass is 16.4. The quantitative estimate of drug-likeness (QED) is 0.725. The molecule has 0 bridgehead atoms. The molecule has 2 aromatic rings. The van der Waals surface area contributed by atoms with E-state index in [0.717, 1.165) is 4.57 Å². The maximum absolute atomic E-state index is 11.7. The lowest BCUT2D eigenvalue weighted by atomic mass is 10.3. The Bertz CT molecular complexity index is 712. The van der Waals surface area contributed by atoms with Gasteiger partial charge in [0.25, 0.3) is 5.56 Å². The van der Waals surface area contributed by atoms with Crippen LogP contribution < -0.4 is 22.3 Å². The number of nitrogens with two attached hydrogens (primary N) is 1. The molecule has 0 radical (unpaired) electrons. The molecule has 0 spiro atoms. The van der Waals surface area contributed by atoms with Gasteiger partial charge in [-0.1, -0.05) is 0 Å². The minimum absolute atomic E-state index is 0.0591. The Kier molecular flexibility index (Phi) is 3.16. The highest BCUT2D eigenvalue weighted by Gasteiger charge is 2.16. The summed E-state index contributed by atoms with van der Waals surface area (Å²) in [6, 6.07) is -0.352. The Morgan fingerprint density at radius 1 is 1.53 bits per heavy atom. The van der Waals surface area contributed by atoms with Crippen molar-refractivity contribution in [2.75, 3.05) is 11.1 Å². The molecule has 19 heavy (non-hydrogen) atoms. The minimum Gasteiger partial charge on any atom is -0.444 e. The van der Waals surface area contributed by atoms with Crippen molar-refractivity contribution in [3.63, 3.8) is 0 Å². The van der Waals surface area contributed by atoms with Crippen molar-refractivity contribution in [3.05, 3.63) is 38.7 Å². The topological polar surface area (TPSA) is 119 Å². The van der Waals surface area contributed by atoms with Gasteiger partial charge in [-0.15, -0.1) is 0 Å². The standard InChI is InChI=1S/C11H15N5O3/c1-5-4-13-10(19-5)6(2)14-7-8(12)16(3)11(18)15-9(7)17/h4,6,14H,12H2,1-3H3,(H,15,17,18). The summed E-state index contributed by atoms with van der Waals surface area (Å²) in [5.74, 6) is 1.17. The Morgan fingerprint density at radius 2 is 2.21 bits per heavy atom. The largest absolute Gasteiger partial charge is 0.444 e. The van der Waals surface area contributed by atoms with Gasteiger partial charge < -0.3 is 15.5 Å². The molecular weight excluding hydrogens is 250 g/mol. The van der Waals surface area contributed by atoms with Crippen LogP contribution >= 0.6 is 0 Å². The van der Waals surface area contributed by atoms with E-state index in [4.69, 9.17) is 10.2 Å². The second-order valence-electron chi connectivity index (χ2n) is 4.25. The van der Waals surface area contributed by atoms with Crippen LogP contribution in [-0.4, -0.2) is 14.5 Å². The SMILES string of the molecule is Cc1cnc(C(C)Nc2c(N)n(C)c(=O)[nH]c2=O)o1. The summed E-state index contributed by atoms with van der Waals surface area (Å²) < 4.78 is 6.51. The predicted octanol–water partition coefficient (Wildman–Crippen LogP) is 0.125. The molecule has 0 saturated carbocycles. The van der Waals surface area contributed by atoms with Gasteiger partial charge in [-0.25, -0.2) is 9.78 Å². The Hall–Kier alpha value is -2.51. The van der Waals surface area contributed by atoms with Crippen molar-refractivity contribution in [1.82, 2.24) is 14.5 Å². The lowest BCUT2D eigenvalue weighted by Gasteiger charge is -2.14. The van der Waals surface area contributed by atoms with E-state index in [9.17, 15) is 9.59 Å². The van der Waals surface area contributed by atoms with Crippen molar-refractivity contribution in [2.45, 2.75) is 19.9 Å². The third-order valence-corrected chi connectivity index (χ3v) is 2.74. The van der Waals surface area contributed by atoms with E-state index in [-0.39, 0.29) is 17.5 Å². The molecule has 4 N–H and O–H groups in total. The van der Waals surface area contributed by atoms with Gasteiger partial charge in [0, 0.05) is 7.05 Å².